The number of rotatable bonds is 3. The Morgan fingerprint density at radius 1 is 0.500 bits per heavy atom. The molecule has 2 heterocycles. The third-order valence-corrected chi connectivity index (χ3v) is 10.0. The molecule has 1 unspecified atom stereocenters. The smallest absolute Gasteiger partial charge is 0.145 e. The maximum atomic E-state index is 6.52. The van der Waals surface area contributed by atoms with E-state index < -0.39 is 5.41 Å². The Morgan fingerprint density at radius 2 is 1.17 bits per heavy atom. The van der Waals surface area contributed by atoms with Crippen molar-refractivity contribution in [1.82, 2.24) is 9.55 Å². The number of hydrogen-bond acceptors (Lipinski definition) is 3. The van der Waals surface area contributed by atoms with Gasteiger partial charge in [0.2, 0.25) is 0 Å². The van der Waals surface area contributed by atoms with Crippen LogP contribution in [0.15, 0.2) is 164 Å². The van der Waals surface area contributed by atoms with Crippen LogP contribution in [0, 0.1) is 0 Å². The molecule has 1 aliphatic heterocycles. The molecule has 1 aromatic heterocycles. The van der Waals surface area contributed by atoms with Crippen molar-refractivity contribution >= 4 is 16.7 Å². The molecule has 4 heteroatoms. The number of para-hydroxylation sites is 4. The van der Waals surface area contributed by atoms with Gasteiger partial charge in [-0.05, 0) is 88.0 Å². The van der Waals surface area contributed by atoms with E-state index in [1.165, 1.54) is 22.3 Å². The highest BCUT2D eigenvalue weighted by Crippen LogP contribution is 2.62. The van der Waals surface area contributed by atoms with Crippen LogP contribution in [0.2, 0.25) is 0 Å². The van der Waals surface area contributed by atoms with Gasteiger partial charge in [-0.1, -0.05) is 109 Å². The number of nitrogens with two attached hydrogens (primary N) is 1. The van der Waals surface area contributed by atoms with Gasteiger partial charge in [-0.25, -0.2) is 4.98 Å². The number of imidazole rings is 1. The van der Waals surface area contributed by atoms with Gasteiger partial charge in [0.25, 0.3) is 0 Å². The molecule has 7 aromatic carbocycles. The third-order valence-electron chi connectivity index (χ3n) is 10.0. The van der Waals surface area contributed by atoms with Crippen molar-refractivity contribution in [1.29, 1.82) is 0 Å². The summed E-state index contributed by atoms with van der Waals surface area (Å²) in [5.74, 6) is 2.63. The maximum absolute atomic E-state index is 6.52. The molecule has 0 amide bonds. The zero-order valence-electron chi connectivity index (χ0n) is 26.0. The molecule has 1 atom stereocenters. The molecule has 0 fully saturated rings. The largest absolute Gasteiger partial charge is 0.457 e. The van der Waals surface area contributed by atoms with E-state index in [2.05, 4.69) is 138 Å². The second-order valence-electron chi connectivity index (χ2n) is 12.6. The predicted octanol–water partition coefficient (Wildman–Crippen LogP) is 10.4. The summed E-state index contributed by atoms with van der Waals surface area (Å²) < 4.78 is 8.76. The lowest BCUT2D eigenvalue weighted by Gasteiger charge is -2.39. The van der Waals surface area contributed by atoms with Crippen LogP contribution in [0.3, 0.4) is 0 Å². The Labute approximate surface area is 278 Å². The van der Waals surface area contributed by atoms with Crippen LogP contribution in [0.5, 0.6) is 11.5 Å². The number of anilines is 1. The van der Waals surface area contributed by atoms with Gasteiger partial charge in [0, 0.05) is 28.1 Å². The molecule has 0 saturated carbocycles. The van der Waals surface area contributed by atoms with Crippen molar-refractivity contribution in [2.75, 3.05) is 5.73 Å². The first kappa shape index (κ1) is 26.8. The van der Waals surface area contributed by atoms with Gasteiger partial charge >= 0.3 is 0 Å². The van der Waals surface area contributed by atoms with Crippen LogP contribution in [0.25, 0.3) is 50.4 Å². The molecule has 0 radical (unpaired) electrons. The Morgan fingerprint density at radius 3 is 2.04 bits per heavy atom. The van der Waals surface area contributed by atoms with E-state index in [1.54, 1.807) is 0 Å². The molecular weight excluding hydrogens is 587 g/mol. The van der Waals surface area contributed by atoms with Gasteiger partial charge in [0.05, 0.1) is 16.4 Å². The van der Waals surface area contributed by atoms with Gasteiger partial charge < -0.3 is 10.5 Å². The fraction of sp³-hybridized carbons (Fsp3) is 0.0227. The van der Waals surface area contributed by atoms with E-state index in [0.717, 1.165) is 67.5 Å². The lowest BCUT2D eigenvalue weighted by Crippen LogP contribution is -2.32. The number of fused-ring (bicyclic) bond motifs is 10. The minimum absolute atomic E-state index is 0.567. The van der Waals surface area contributed by atoms with E-state index in [0.29, 0.717) is 0 Å². The number of nitrogens with zero attached hydrogens (tertiary/aromatic N) is 2. The topological polar surface area (TPSA) is 53.1 Å². The van der Waals surface area contributed by atoms with Crippen LogP contribution in [-0.4, -0.2) is 9.55 Å². The number of nitrogen functional groups attached to an aromatic ring is 1. The van der Waals surface area contributed by atoms with E-state index >= 15 is 0 Å². The van der Waals surface area contributed by atoms with Crippen molar-refractivity contribution in [3.8, 4) is 50.8 Å². The second-order valence-corrected chi connectivity index (χ2v) is 12.6. The first-order chi connectivity index (χ1) is 23.7. The summed E-state index contributed by atoms with van der Waals surface area (Å²) in [6.07, 6.45) is 0. The second kappa shape index (κ2) is 10.1. The third kappa shape index (κ3) is 3.68. The lowest BCUT2D eigenvalue weighted by molar-refractivity contribution is 0.436. The SMILES string of the molecule is Nc1ccc2c(c1)C1(c3ccccc3O2)c2ccccc2-c2ccc(-c3ccc(-c4nc5ccccc5n4-c4ccccc4)cc3)cc21. The summed E-state index contributed by atoms with van der Waals surface area (Å²) in [5.41, 5.74) is 20.3. The Balaban J connectivity index is 1.15. The molecule has 0 saturated heterocycles. The fourth-order valence-corrected chi connectivity index (χ4v) is 7.97. The van der Waals surface area contributed by atoms with Crippen molar-refractivity contribution < 1.29 is 4.74 Å². The minimum atomic E-state index is -0.567. The average molecular weight is 616 g/mol. The molecule has 8 aromatic rings. The minimum Gasteiger partial charge on any atom is -0.457 e. The number of benzene rings is 7. The standard InChI is InChI=1S/C44H29N3O/c45-31-23-25-42-38(27-31)44(36-14-6-9-17-41(36)48-42)35-13-5-4-12-33(35)34-24-22-30(26-37(34)44)28-18-20-29(21-19-28)43-46-39-15-7-8-16-40(39)47(43)32-10-2-1-3-11-32/h1-27H,45H2. The number of aromatic nitrogens is 2. The summed E-state index contributed by atoms with van der Waals surface area (Å²) in [6, 6.07) is 57.7. The molecule has 2 N–H and O–H groups in total. The average Bonchev–Trinajstić information content (AvgIpc) is 3.67. The zero-order chi connectivity index (χ0) is 31.8. The number of hydrogen-bond donors (Lipinski definition) is 1. The van der Waals surface area contributed by atoms with Gasteiger partial charge in [-0.3, -0.25) is 4.57 Å². The van der Waals surface area contributed by atoms with Crippen LogP contribution in [-0.2, 0) is 5.41 Å². The molecule has 1 aliphatic carbocycles. The molecule has 4 nitrogen and oxygen atoms in total. The molecule has 226 valence electrons. The molecule has 0 bridgehead atoms. The fourth-order valence-electron chi connectivity index (χ4n) is 7.97. The van der Waals surface area contributed by atoms with Crippen molar-refractivity contribution in [2.45, 2.75) is 5.41 Å². The predicted molar refractivity (Wildman–Crippen MR) is 194 cm³/mol. The highest BCUT2D eigenvalue weighted by molar-refractivity contribution is 5.91. The quantitative estimate of drug-likeness (QED) is 0.201. The van der Waals surface area contributed by atoms with Crippen LogP contribution >= 0.6 is 0 Å². The first-order valence-electron chi connectivity index (χ1n) is 16.3. The van der Waals surface area contributed by atoms with Gasteiger partial charge in [0.15, 0.2) is 0 Å². The maximum Gasteiger partial charge on any atom is 0.145 e. The molecule has 1 spiro atoms. The van der Waals surface area contributed by atoms with E-state index in [4.69, 9.17) is 15.5 Å². The zero-order valence-corrected chi connectivity index (χ0v) is 26.0. The van der Waals surface area contributed by atoms with Gasteiger partial charge in [-0.15, -0.1) is 0 Å². The van der Waals surface area contributed by atoms with Gasteiger partial charge in [0.1, 0.15) is 17.3 Å². The van der Waals surface area contributed by atoms with Crippen LogP contribution < -0.4 is 10.5 Å². The lowest BCUT2D eigenvalue weighted by atomic mass is 9.66. The van der Waals surface area contributed by atoms with Crippen molar-refractivity contribution in [3.05, 3.63) is 186 Å². The summed E-state index contributed by atoms with van der Waals surface area (Å²) in [5, 5.41) is 0. The van der Waals surface area contributed by atoms with Crippen molar-refractivity contribution in [3.63, 3.8) is 0 Å². The molecule has 48 heavy (non-hydrogen) atoms. The molecule has 2 aliphatic rings. The normalized spacial score (nSPS) is 15.4. The van der Waals surface area contributed by atoms with E-state index in [1.807, 2.05) is 30.3 Å². The summed E-state index contributed by atoms with van der Waals surface area (Å²) >= 11 is 0. The molecular formula is C44H29N3O. The monoisotopic (exact) mass is 615 g/mol. The van der Waals surface area contributed by atoms with Crippen LogP contribution in [0.1, 0.15) is 22.3 Å². The molecule has 10 rings (SSSR count). The van der Waals surface area contributed by atoms with Gasteiger partial charge in [-0.2, -0.15) is 0 Å². The van der Waals surface area contributed by atoms with E-state index in [9.17, 15) is 0 Å². The summed E-state index contributed by atoms with van der Waals surface area (Å²) in [7, 11) is 0. The van der Waals surface area contributed by atoms with Crippen molar-refractivity contribution in [2.24, 2.45) is 0 Å². The summed E-state index contributed by atoms with van der Waals surface area (Å²) in [4.78, 5) is 5.08. The number of ether oxygens (including phenoxy) is 1. The Hall–Kier alpha value is -6.39. The highest BCUT2D eigenvalue weighted by Gasteiger charge is 2.51. The van der Waals surface area contributed by atoms with E-state index in [-0.39, 0.29) is 0 Å². The van der Waals surface area contributed by atoms with Crippen LogP contribution in [0.4, 0.5) is 5.69 Å². The Kier molecular flexibility index (Phi) is 5.61. The Bertz CT molecular complexity index is 2550. The summed E-state index contributed by atoms with van der Waals surface area (Å²) in [6.45, 7) is 0. The first-order valence-corrected chi connectivity index (χ1v) is 16.3. The highest BCUT2D eigenvalue weighted by atomic mass is 16.5.